The van der Waals surface area contributed by atoms with Crippen LogP contribution in [0.3, 0.4) is 0 Å². The van der Waals surface area contributed by atoms with Gasteiger partial charge in [0.25, 0.3) is 5.91 Å². The molecule has 0 atom stereocenters. The molecule has 3 N–H and O–H groups in total. The molecule has 0 aliphatic carbocycles. The summed E-state index contributed by atoms with van der Waals surface area (Å²) in [6, 6.07) is 8.44. The highest BCUT2D eigenvalue weighted by molar-refractivity contribution is 6.06. The van der Waals surface area contributed by atoms with E-state index in [1.54, 1.807) is 12.1 Å². The number of halogens is 1. The molecule has 0 fully saturated rings. The van der Waals surface area contributed by atoms with Gasteiger partial charge in [0.05, 0.1) is 16.9 Å². The number of nitrogens with one attached hydrogen (secondary N) is 1. The van der Waals surface area contributed by atoms with E-state index in [1.807, 2.05) is 0 Å². The van der Waals surface area contributed by atoms with Crippen molar-refractivity contribution in [2.24, 2.45) is 0 Å². The molecule has 0 bridgehead atoms. The summed E-state index contributed by atoms with van der Waals surface area (Å²) in [6.07, 6.45) is 1.43. The van der Waals surface area contributed by atoms with Crippen LogP contribution in [0.2, 0.25) is 0 Å². The van der Waals surface area contributed by atoms with Gasteiger partial charge in [-0.15, -0.1) is 0 Å². The van der Waals surface area contributed by atoms with Crippen molar-refractivity contribution in [3.63, 3.8) is 0 Å². The summed E-state index contributed by atoms with van der Waals surface area (Å²) in [7, 11) is 0. The van der Waals surface area contributed by atoms with Gasteiger partial charge in [0, 0.05) is 6.20 Å². The maximum absolute atomic E-state index is 13.0. The maximum atomic E-state index is 13.0. The number of hydrogen-bond donors (Lipinski definition) is 2. The number of aromatic nitrogens is 1. The van der Waals surface area contributed by atoms with Gasteiger partial charge < -0.3 is 11.1 Å². The van der Waals surface area contributed by atoms with Gasteiger partial charge in [-0.2, -0.15) is 5.26 Å². The molecule has 6 heteroatoms. The Kier molecular flexibility index (Phi) is 3.39. The molecular formula is C13H9FN4O. The Morgan fingerprint density at radius 2 is 2.21 bits per heavy atom. The SMILES string of the molecule is N#Cc1cc(F)ccc1NC(=O)c1ncccc1N. The molecule has 0 radical (unpaired) electrons. The van der Waals surface area contributed by atoms with Crippen molar-refractivity contribution in [3.05, 3.63) is 53.6 Å². The van der Waals surface area contributed by atoms with E-state index >= 15 is 0 Å². The number of hydrogen-bond acceptors (Lipinski definition) is 4. The maximum Gasteiger partial charge on any atom is 0.276 e. The Bertz CT molecular complexity index is 679. The van der Waals surface area contributed by atoms with Gasteiger partial charge in [-0.05, 0) is 30.3 Å². The topological polar surface area (TPSA) is 91.8 Å². The molecule has 1 heterocycles. The van der Waals surface area contributed by atoms with Gasteiger partial charge in [0.15, 0.2) is 5.69 Å². The van der Waals surface area contributed by atoms with Crippen LogP contribution in [0.25, 0.3) is 0 Å². The Labute approximate surface area is 108 Å². The number of carbonyl (C=O) groups excluding carboxylic acids is 1. The van der Waals surface area contributed by atoms with Crippen molar-refractivity contribution in [2.75, 3.05) is 11.1 Å². The highest BCUT2D eigenvalue weighted by atomic mass is 19.1. The van der Waals surface area contributed by atoms with Gasteiger partial charge in [0.2, 0.25) is 0 Å². The predicted octanol–water partition coefficient (Wildman–Crippen LogP) is 1.93. The smallest absolute Gasteiger partial charge is 0.276 e. The van der Waals surface area contributed by atoms with Crippen molar-refractivity contribution in [3.8, 4) is 6.07 Å². The highest BCUT2D eigenvalue weighted by Gasteiger charge is 2.13. The van der Waals surface area contributed by atoms with Crippen LogP contribution in [0, 0.1) is 17.1 Å². The number of amides is 1. The molecule has 1 amide bonds. The number of nitrogens with two attached hydrogens (primary N) is 1. The molecule has 0 saturated heterocycles. The Morgan fingerprint density at radius 3 is 2.89 bits per heavy atom. The molecule has 0 aliphatic rings. The molecule has 94 valence electrons. The average molecular weight is 256 g/mol. The van der Waals surface area contributed by atoms with Crippen molar-refractivity contribution in [1.29, 1.82) is 5.26 Å². The van der Waals surface area contributed by atoms with E-state index in [2.05, 4.69) is 10.3 Å². The molecule has 5 nitrogen and oxygen atoms in total. The first-order valence-electron chi connectivity index (χ1n) is 5.33. The zero-order valence-electron chi connectivity index (χ0n) is 9.72. The van der Waals surface area contributed by atoms with Gasteiger partial charge in [-0.25, -0.2) is 9.37 Å². The van der Waals surface area contributed by atoms with Crippen molar-refractivity contribution in [2.45, 2.75) is 0 Å². The average Bonchev–Trinajstić information content (AvgIpc) is 2.41. The second-order valence-corrected chi connectivity index (χ2v) is 3.70. The fraction of sp³-hybridized carbons (Fsp3) is 0. The molecule has 0 spiro atoms. The van der Waals surface area contributed by atoms with E-state index in [4.69, 9.17) is 11.0 Å². The van der Waals surface area contributed by atoms with Crippen LogP contribution in [0.4, 0.5) is 15.8 Å². The largest absolute Gasteiger partial charge is 0.397 e. The molecule has 0 aliphatic heterocycles. The van der Waals surface area contributed by atoms with Crippen LogP contribution in [0.1, 0.15) is 16.1 Å². The first-order chi connectivity index (χ1) is 9.11. The van der Waals surface area contributed by atoms with Crippen molar-refractivity contribution in [1.82, 2.24) is 4.98 Å². The van der Waals surface area contributed by atoms with E-state index in [-0.39, 0.29) is 22.6 Å². The van der Waals surface area contributed by atoms with Crippen molar-refractivity contribution < 1.29 is 9.18 Å². The van der Waals surface area contributed by atoms with E-state index in [9.17, 15) is 9.18 Å². The summed E-state index contributed by atoms with van der Waals surface area (Å²) < 4.78 is 13.0. The first-order valence-corrected chi connectivity index (χ1v) is 5.33. The van der Waals surface area contributed by atoms with E-state index in [1.165, 1.54) is 18.3 Å². The van der Waals surface area contributed by atoms with Gasteiger partial charge >= 0.3 is 0 Å². The highest BCUT2D eigenvalue weighted by Crippen LogP contribution is 2.17. The fourth-order valence-electron chi connectivity index (χ4n) is 1.51. The summed E-state index contributed by atoms with van der Waals surface area (Å²) in [5.41, 5.74) is 6.13. The number of nitriles is 1. The summed E-state index contributed by atoms with van der Waals surface area (Å²) in [5.74, 6) is -1.10. The summed E-state index contributed by atoms with van der Waals surface area (Å²) >= 11 is 0. The third-order valence-corrected chi connectivity index (χ3v) is 2.40. The van der Waals surface area contributed by atoms with Crippen LogP contribution in [0.5, 0.6) is 0 Å². The summed E-state index contributed by atoms with van der Waals surface area (Å²) in [4.78, 5) is 15.8. The summed E-state index contributed by atoms with van der Waals surface area (Å²) in [6.45, 7) is 0. The van der Waals surface area contributed by atoms with Crippen LogP contribution in [-0.2, 0) is 0 Å². The minimum atomic E-state index is -0.554. The molecule has 19 heavy (non-hydrogen) atoms. The Balaban J connectivity index is 2.30. The van der Waals surface area contributed by atoms with E-state index < -0.39 is 11.7 Å². The molecule has 1 aromatic carbocycles. The molecular weight excluding hydrogens is 247 g/mol. The van der Waals surface area contributed by atoms with Gasteiger partial charge in [-0.1, -0.05) is 0 Å². The normalized spacial score (nSPS) is 9.68. The lowest BCUT2D eigenvalue weighted by atomic mass is 10.2. The number of nitrogens with zero attached hydrogens (tertiary/aromatic N) is 2. The van der Waals surface area contributed by atoms with Crippen LogP contribution in [-0.4, -0.2) is 10.9 Å². The second kappa shape index (κ2) is 5.14. The predicted molar refractivity (Wildman–Crippen MR) is 67.7 cm³/mol. The molecule has 2 rings (SSSR count). The molecule has 2 aromatic rings. The Hall–Kier alpha value is -2.94. The lowest BCUT2D eigenvalue weighted by molar-refractivity contribution is 0.102. The molecule has 1 aromatic heterocycles. The minimum absolute atomic E-state index is 0.0304. The Morgan fingerprint density at radius 1 is 1.42 bits per heavy atom. The van der Waals surface area contributed by atoms with Gasteiger partial charge in [-0.3, -0.25) is 4.79 Å². The summed E-state index contributed by atoms with van der Waals surface area (Å²) in [5, 5.41) is 11.3. The monoisotopic (exact) mass is 256 g/mol. The van der Waals surface area contributed by atoms with Crippen molar-refractivity contribution >= 4 is 17.3 Å². The number of carbonyl (C=O) groups is 1. The first kappa shape index (κ1) is 12.5. The quantitative estimate of drug-likeness (QED) is 0.858. The third kappa shape index (κ3) is 2.66. The van der Waals surface area contributed by atoms with Gasteiger partial charge in [0.1, 0.15) is 11.9 Å². The number of rotatable bonds is 2. The number of anilines is 2. The lowest BCUT2D eigenvalue weighted by Gasteiger charge is -2.07. The standard InChI is InChI=1S/C13H9FN4O/c14-9-3-4-11(8(6-9)7-15)18-13(19)12-10(16)2-1-5-17-12/h1-6H,16H2,(H,18,19). The number of nitrogen functional groups attached to an aromatic ring is 1. The minimum Gasteiger partial charge on any atom is -0.397 e. The number of pyridine rings is 1. The lowest BCUT2D eigenvalue weighted by Crippen LogP contribution is -2.16. The van der Waals surface area contributed by atoms with Crippen LogP contribution < -0.4 is 11.1 Å². The zero-order valence-corrected chi connectivity index (χ0v) is 9.72. The van der Waals surface area contributed by atoms with Crippen LogP contribution >= 0.6 is 0 Å². The third-order valence-electron chi connectivity index (χ3n) is 2.40. The fourth-order valence-corrected chi connectivity index (χ4v) is 1.51. The van der Waals surface area contributed by atoms with E-state index in [0.29, 0.717) is 0 Å². The zero-order chi connectivity index (χ0) is 13.8. The number of benzene rings is 1. The molecule has 0 saturated carbocycles. The van der Waals surface area contributed by atoms with Crippen LogP contribution in [0.15, 0.2) is 36.5 Å². The van der Waals surface area contributed by atoms with E-state index in [0.717, 1.165) is 12.1 Å². The second-order valence-electron chi connectivity index (χ2n) is 3.70. The molecule has 0 unspecified atom stereocenters.